The summed E-state index contributed by atoms with van der Waals surface area (Å²) in [5.74, 6) is -0.723. The first-order valence-corrected chi connectivity index (χ1v) is 5.93. The molecule has 3 rings (SSSR count). The molecule has 1 saturated carbocycles. The van der Waals surface area contributed by atoms with E-state index in [1.165, 1.54) is 0 Å². The summed E-state index contributed by atoms with van der Waals surface area (Å²) in [6.07, 6.45) is 1.46. The van der Waals surface area contributed by atoms with Gasteiger partial charge in [0.15, 0.2) is 0 Å². The van der Waals surface area contributed by atoms with Gasteiger partial charge >= 0.3 is 5.97 Å². The number of fused-ring (bicyclic) bond motifs is 1. The molecule has 1 aliphatic carbocycles. The smallest absolute Gasteiger partial charge is 0.314 e. The Kier molecular flexibility index (Phi) is 2.17. The minimum atomic E-state index is -0.723. The van der Waals surface area contributed by atoms with E-state index in [0.717, 1.165) is 29.2 Å². The van der Waals surface area contributed by atoms with Gasteiger partial charge in [0.25, 0.3) is 0 Å². The van der Waals surface area contributed by atoms with E-state index in [4.69, 9.17) is 11.6 Å². The average molecular weight is 247 g/mol. The number of carboxylic acids is 1. The second kappa shape index (κ2) is 3.47. The van der Waals surface area contributed by atoms with E-state index in [0.29, 0.717) is 5.02 Å². The van der Waals surface area contributed by atoms with E-state index in [1.54, 1.807) is 0 Å². The normalized spacial score (nSPS) is 17.0. The molecule has 0 spiro atoms. The third-order valence-corrected chi connectivity index (χ3v) is 3.75. The molecule has 0 unspecified atom stereocenters. The highest BCUT2D eigenvalue weighted by atomic mass is 35.5. The van der Waals surface area contributed by atoms with Crippen LogP contribution < -0.4 is 0 Å². The Bertz CT molecular complexity index is 615. The fourth-order valence-electron chi connectivity index (χ4n) is 2.27. The van der Waals surface area contributed by atoms with Gasteiger partial charge in [-0.1, -0.05) is 29.8 Å². The highest BCUT2D eigenvalue weighted by molar-refractivity contribution is 6.31. The number of rotatable bonds is 2. The van der Waals surface area contributed by atoms with E-state index < -0.39 is 11.4 Å². The summed E-state index contributed by atoms with van der Waals surface area (Å²) in [5, 5.41) is 12.0. The Morgan fingerprint density at radius 2 is 1.82 bits per heavy atom. The van der Waals surface area contributed by atoms with Crippen LogP contribution in [0.1, 0.15) is 18.4 Å². The van der Waals surface area contributed by atoms with Gasteiger partial charge in [0.1, 0.15) is 0 Å². The zero-order chi connectivity index (χ0) is 12.0. The van der Waals surface area contributed by atoms with E-state index in [9.17, 15) is 9.90 Å². The van der Waals surface area contributed by atoms with Crippen molar-refractivity contribution in [2.45, 2.75) is 18.3 Å². The van der Waals surface area contributed by atoms with Gasteiger partial charge in [0, 0.05) is 5.02 Å². The van der Waals surface area contributed by atoms with Crippen LogP contribution in [0.15, 0.2) is 36.4 Å². The largest absolute Gasteiger partial charge is 0.481 e. The summed E-state index contributed by atoms with van der Waals surface area (Å²) in [5.41, 5.74) is 0.246. The Morgan fingerprint density at radius 1 is 1.12 bits per heavy atom. The van der Waals surface area contributed by atoms with Crippen LogP contribution in [0.3, 0.4) is 0 Å². The van der Waals surface area contributed by atoms with Crippen molar-refractivity contribution in [2.75, 3.05) is 0 Å². The molecule has 17 heavy (non-hydrogen) atoms. The Balaban J connectivity index is 2.16. The Labute approximate surface area is 104 Å². The first-order chi connectivity index (χ1) is 8.12. The predicted octanol–water partition coefficient (Wildman–Crippen LogP) is 3.61. The van der Waals surface area contributed by atoms with E-state index in [1.807, 2.05) is 36.4 Å². The second-order valence-corrected chi connectivity index (χ2v) is 5.03. The van der Waals surface area contributed by atoms with E-state index in [-0.39, 0.29) is 0 Å². The van der Waals surface area contributed by atoms with Crippen molar-refractivity contribution in [3.63, 3.8) is 0 Å². The maximum absolute atomic E-state index is 11.3. The number of hydrogen-bond acceptors (Lipinski definition) is 1. The van der Waals surface area contributed by atoms with E-state index >= 15 is 0 Å². The van der Waals surface area contributed by atoms with Gasteiger partial charge in [0.2, 0.25) is 0 Å². The quantitative estimate of drug-likeness (QED) is 0.879. The zero-order valence-corrected chi connectivity index (χ0v) is 9.87. The van der Waals surface area contributed by atoms with Crippen LogP contribution in [0.2, 0.25) is 5.02 Å². The first kappa shape index (κ1) is 10.6. The number of hydrogen-bond donors (Lipinski definition) is 1. The molecule has 0 aromatic heterocycles. The van der Waals surface area contributed by atoms with Crippen molar-refractivity contribution in [3.8, 4) is 0 Å². The summed E-state index contributed by atoms with van der Waals surface area (Å²) in [4.78, 5) is 11.3. The molecule has 0 atom stereocenters. The zero-order valence-electron chi connectivity index (χ0n) is 9.11. The molecule has 3 heteroatoms. The molecule has 0 heterocycles. The molecule has 1 N–H and O–H groups in total. The molecule has 1 aliphatic rings. The van der Waals surface area contributed by atoms with Gasteiger partial charge in [-0.15, -0.1) is 0 Å². The van der Waals surface area contributed by atoms with Gasteiger partial charge < -0.3 is 5.11 Å². The predicted molar refractivity (Wildman–Crippen MR) is 67.5 cm³/mol. The third kappa shape index (κ3) is 1.60. The fraction of sp³-hybridized carbons (Fsp3) is 0.214. The van der Waals surface area contributed by atoms with Gasteiger partial charge in [-0.05, 0) is 47.4 Å². The van der Waals surface area contributed by atoms with Crippen LogP contribution in [0.4, 0.5) is 0 Å². The Hall–Kier alpha value is -1.54. The van der Waals surface area contributed by atoms with E-state index in [2.05, 4.69) is 0 Å². The van der Waals surface area contributed by atoms with Crippen molar-refractivity contribution >= 4 is 28.3 Å². The number of halogens is 1. The number of carbonyl (C=O) groups is 1. The lowest BCUT2D eigenvalue weighted by Gasteiger charge is -2.11. The number of benzene rings is 2. The lowest BCUT2D eigenvalue weighted by atomic mass is 9.94. The molecule has 1 fully saturated rings. The van der Waals surface area contributed by atoms with Gasteiger partial charge in [0.05, 0.1) is 5.41 Å². The molecule has 86 valence electrons. The SMILES string of the molecule is O=C(O)C1(c2ccc3ccc(Cl)cc3c2)CC1. The summed E-state index contributed by atoms with van der Waals surface area (Å²) in [6, 6.07) is 11.5. The molecule has 0 aliphatic heterocycles. The second-order valence-electron chi connectivity index (χ2n) is 4.59. The summed E-state index contributed by atoms with van der Waals surface area (Å²) < 4.78 is 0. The van der Waals surface area contributed by atoms with Gasteiger partial charge in [-0.2, -0.15) is 0 Å². The fourth-order valence-corrected chi connectivity index (χ4v) is 2.45. The van der Waals surface area contributed by atoms with Crippen molar-refractivity contribution < 1.29 is 9.90 Å². The molecular weight excluding hydrogens is 236 g/mol. The van der Waals surface area contributed by atoms with Crippen LogP contribution >= 0.6 is 11.6 Å². The van der Waals surface area contributed by atoms with Crippen LogP contribution in [-0.2, 0) is 10.2 Å². The highest BCUT2D eigenvalue weighted by Crippen LogP contribution is 2.48. The Morgan fingerprint density at radius 3 is 2.47 bits per heavy atom. The lowest BCUT2D eigenvalue weighted by molar-refractivity contribution is -0.140. The molecule has 0 bridgehead atoms. The number of carboxylic acid groups (broad SMARTS) is 1. The number of aliphatic carboxylic acids is 1. The standard InChI is InChI=1S/C14H11ClO2/c15-12-4-2-9-1-3-11(7-10(9)8-12)14(5-6-14)13(16)17/h1-4,7-8H,5-6H2,(H,16,17). The van der Waals surface area contributed by atoms with Crippen LogP contribution in [-0.4, -0.2) is 11.1 Å². The maximum atomic E-state index is 11.3. The van der Waals surface area contributed by atoms with Gasteiger partial charge in [-0.3, -0.25) is 4.79 Å². The third-order valence-electron chi connectivity index (χ3n) is 3.51. The molecule has 2 nitrogen and oxygen atoms in total. The average Bonchev–Trinajstić information content (AvgIpc) is 3.09. The molecule has 2 aromatic carbocycles. The molecule has 2 aromatic rings. The monoisotopic (exact) mass is 246 g/mol. The molecular formula is C14H11ClO2. The summed E-state index contributed by atoms with van der Waals surface area (Å²) in [6.45, 7) is 0. The minimum Gasteiger partial charge on any atom is -0.481 e. The molecule has 0 amide bonds. The molecule has 0 radical (unpaired) electrons. The summed E-state index contributed by atoms with van der Waals surface area (Å²) in [7, 11) is 0. The van der Waals surface area contributed by atoms with Crippen LogP contribution in [0, 0.1) is 0 Å². The van der Waals surface area contributed by atoms with Crippen LogP contribution in [0.25, 0.3) is 10.8 Å². The topological polar surface area (TPSA) is 37.3 Å². The minimum absolute atomic E-state index is 0.642. The molecule has 0 saturated heterocycles. The van der Waals surface area contributed by atoms with Crippen molar-refractivity contribution in [1.82, 2.24) is 0 Å². The summed E-state index contributed by atoms with van der Waals surface area (Å²) >= 11 is 5.95. The van der Waals surface area contributed by atoms with Crippen molar-refractivity contribution in [2.24, 2.45) is 0 Å². The highest BCUT2D eigenvalue weighted by Gasteiger charge is 2.51. The van der Waals surface area contributed by atoms with Gasteiger partial charge in [-0.25, -0.2) is 0 Å². The van der Waals surface area contributed by atoms with Crippen molar-refractivity contribution in [3.05, 3.63) is 47.0 Å². The maximum Gasteiger partial charge on any atom is 0.314 e. The lowest BCUT2D eigenvalue weighted by Crippen LogP contribution is -2.19. The van der Waals surface area contributed by atoms with Crippen molar-refractivity contribution in [1.29, 1.82) is 0 Å². The van der Waals surface area contributed by atoms with Crippen LogP contribution in [0.5, 0.6) is 0 Å². The first-order valence-electron chi connectivity index (χ1n) is 5.55.